The van der Waals surface area contributed by atoms with E-state index in [-0.39, 0.29) is 0 Å². The number of nitrogens with one attached hydrogen (secondary N) is 1. The molecular formula is C8H11N3O. The molecule has 0 aromatic carbocycles. The molecule has 64 valence electrons. The Bertz CT molecular complexity index is 254. The molecule has 0 bridgehead atoms. The summed E-state index contributed by atoms with van der Waals surface area (Å²) in [6.45, 7) is 3.80. The minimum Gasteiger partial charge on any atom is -0.362 e. The summed E-state index contributed by atoms with van der Waals surface area (Å²) in [5.41, 5.74) is 1.04. The van der Waals surface area contributed by atoms with E-state index >= 15 is 0 Å². The largest absolute Gasteiger partial charge is 0.362 e. The van der Waals surface area contributed by atoms with Gasteiger partial charge in [0.05, 0.1) is 18.2 Å². The topological polar surface area (TPSA) is 54.7 Å². The lowest BCUT2D eigenvalue weighted by Crippen LogP contribution is -1.59. The highest BCUT2D eigenvalue weighted by Crippen LogP contribution is 1.88. The third kappa shape index (κ3) is 3.01. The van der Waals surface area contributed by atoms with Crippen molar-refractivity contribution in [3.63, 3.8) is 0 Å². The number of hydrogen-bond donors (Lipinski definition) is 1. The van der Waals surface area contributed by atoms with Gasteiger partial charge in [-0.2, -0.15) is 0 Å². The molecule has 2 heterocycles. The average molecular weight is 165 g/mol. The SMILES string of the molecule is Cc1c[nH]cn1.Cc1ccno1. The van der Waals surface area contributed by atoms with Gasteiger partial charge < -0.3 is 9.51 Å². The normalized spacial score (nSPS) is 8.83. The summed E-state index contributed by atoms with van der Waals surface area (Å²) in [6, 6.07) is 1.81. The quantitative estimate of drug-likeness (QED) is 0.646. The first kappa shape index (κ1) is 8.52. The summed E-state index contributed by atoms with van der Waals surface area (Å²) in [5.74, 6) is 0.856. The van der Waals surface area contributed by atoms with Gasteiger partial charge in [0.2, 0.25) is 0 Å². The standard InChI is InChI=1S/C4H6N2.C4H5NO/c1-4-2-5-3-6-4;1-4-2-3-5-6-4/h2-3H,1H3,(H,5,6);2-3H,1H3. The van der Waals surface area contributed by atoms with Crippen molar-refractivity contribution in [2.24, 2.45) is 0 Å². The van der Waals surface area contributed by atoms with Crippen LogP contribution in [-0.2, 0) is 0 Å². The van der Waals surface area contributed by atoms with Crippen LogP contribution in [-0.4, -0.2) is 15.1 Å². The lowest BCUT2D eigenvalue weighted by atomic mass is 10.5. The summed E-state index contributed by atoms with van der Waals surface area (Å²) < 4.78 is 4.58. The Morgan fingerprint density at radius 1 is 1.42 bits per heavy atom. The second-order valence-corrected chi connectivity index (χ2v) is 2.33. The molecule has 0 saturated carbocycles. The highest BCUT2D eigenvalue weighted by atomic mass is 16.5. The number of aromatic nitrogens is 3. The molecule has 1 N–H and O–H groups in total. The predicted molar refractivity (Wildman–Crippen MR) is 44.6 cm³/mol. The maximum Gasteiger partial charge on any atom is 0.133 e. The Morgan fingerprint density at radius 3 is 2.42 bits per heavy atom. The van der Waals surface area contributed by atoms with Gasteiger partial charge in [0.1, 0.15) is 5.76 Å². The minimum absolute atomic E-state index is 0.856. The van der Waals surface area contributed by atoms with Gasteiger partial charge in [-0.05, 0) is 13.8 Å². The highest BCUT2D eigenvalue weighted by molar-refractivity contribution is 4.88. The fourth-order valence-electron chi connectivity index (χ4n) is 0.614. The molecule has 0 unspecified atom stereocenters. The van der Waals surface area contributed by atoms with Crippen molar-refractivity contribution in [3.8, 4) is 0 Å². The molecule has 0 spiro atoms. The molecule has 0 aliphatic rings. The molecule has 0 aliphatic heterocycles. The number of imidazole rings is 1. The zero-order valence-electron chi connectivity index (χ0n) is 7.11. The molecular weight excluding hydrogens is 154 g/mol. The first-order valence-corrected chi connectivity index (χ1v) is 3.61. The van der Waals surface area contributed by atoms with Crippen LogP contribution in [0.4, 0.5) is 0 Å². The van der Waals surface area contributed by atoms with Gasteiger partial charge in [-0.15, -0.1) is 0 Å². The first-order chi connectivity index (χ1) is 5.79. The summed E-state index contributed by atoms with van der Waals surface area (Å²) in [4.78, 5) is 6.68. The molecule has 2 aromatic heterocycles. The van der Waals surface area contributed by atoms with Crippen LogP contribution in [0.5, 0.6) is 0 Å². The Kier molecular flexibility index (Phi) is 3.07. The molecule has 0 saturated heterocycles. The minimum atomic E-state index is 0.856. The zero-order valence-corrected chi connectivity index (χ0v) is 7.11. The Hall–Kier alpha value is -1.58. The average Bonchev–Trinajstić information content (AvgIpc) is 2.63. The van der Waals surface area contributed by atoms with Crippen LogP contribution in [0.2, 0.25) is 0 Å². The van der Waals surface area contributed by atoms with Crippen LogP contribution in [0.25, 0.3) is 0 Å². The third-order valence-corrected chi connectivity index (χ3v) is 1.20. The summed E-state index contributed by atoms with van der Waals surface area (Å²) >= 11 is 0. The number of rotatable bonds is 0. The number of aryl methyl sites for hydroxylation is 2. The van der Waals surface area contributed by atoms with Gasteiger partial charge in [0.25, 0.3) is 0 Å². The second-order valence-electron chi connectivity index (χ2n) is 2.33. The first-order valence-electron chi connectivity index (χ1n) is 3.61. The third-order valence-electron chi connectivity index (χ3n) is 1.20. The molecule has 4 heteroatoms. The smallest absolute Gasteiger partial charge is 0.133 e. The predicted octanol–water partition coefficient (Wildman–Crippen LogP) is 1.70. The number of hydrogen-bond acceptors (Lipinski definition) is 3. The Labute approximate surface area is 70.6 Å². The van der Waals surface area contributed by atoms with Crippen molar-refractivity contribution in [1.82, 2.24) is 15.1 Å². The number of nitrogens with zero attached hydrogens (tertiary/aromatic N) is 2. The van der Waals surface area contributed by atoms with Crippen LogP contribution in [0, 0.1) is 13.8 Å². The summed E-state index contributed by atoms with van der Waals surface area (Å²) in [7, 11) is 0. The van der Waals surface area contributed by atoms with Gasteiger partial charge >= 0.3 is 0 Å². The lowest BCUT2D eigenvalue weighted by molar-refractivity contribution is 0.397. The van der Waals surface area contributed by atoms with Gasteiger partial charge in [-0.3, -0.25) is 0 Å². The van der Waals surface area contributed by atoms with E-state index < -0.39 is 0 Å². The second kappa shape index (κ2) is 4.33. The van der Waals surface area contributed by atoms with Gasteiger partial charge in [-0.1, -0.05) is 5.16 Å². The van der Waals surface area contributed by atoms with E-state index in [4.69, 9.17) is 0 Å². The van der Waals surface area contributed by atoms with E-state index in [1.165, 1.54) is 0 Å². The maximum absolute atomic E-state index is 4.58. The van der Waals surface area contributed by atoms with Crippen LogP contribution >= 0.6 is 0 Å². The maximum atomic E-state index is 4.58. The number of H-pyrrole nitrogens is 1. The molecule has 12 heavy (non-hydrogen) atoms. The summed E-state index contributed by atoms with van der Waals surface area (Å²) in [5, 5.41) is 3.45. The summed E-state index contributed by atoms with van der Waals surface area (Å²) in [6.07, 6.45) is 5.13. The lowest BCUT2D eigenvalue weighted by Gasteiger charge is -1.65. The molecule has 0 amide bonds. The van der Waals surface area contributed by atoms with Gasteiger partial charge in [0, 0.05) is 12.3 Å². The molecule has 0 atom stereocenters. The van der Waals surface area contributed by atoms with Crippen molar-refractivity contribution in [3.05, 3.63) is 36.2 Å². The fraction of sp³-hybridized carbons (Fsp3) is 0.250. The van der Waals surface area contributed by atoms with E-state index in [0.29, 0.717) is 0 Å². The van der Waals surface area contributed by atoms with Crippen molar-refractivity contribution >= 4 is 0 Å². The molecule has 4 nitrogen and oxygen atoms in total. The zero-order chi connectivity index (χ0) is 8.81. The van der Waals surface area contributed by atoms with E-state index in [2.05, 4.69) is 19.6 Å². The Balaban J connectivity index is 0.000000120. The highest BCUT2D eigenvalue weighted by Gasteiger charge is 1.78. The van der Waals surface area contributed by atoms with Crippen molar-refractivity contribution in [1.29, 1.82) is 0 Å². The van der Waals surface area contributed by atoms with Crippen LogP contribution < -0.4 is 0 Å². The number of aromatic amines is 1. The van der Waals surface area contributed by atoms with Crippen molar-refractivity contribution < 1.29 is 4.52 Å². The van der Waals surface area contributed by atoms with E-state index in [1.807, 2.05) is 20.0 Å². The fourth-order valence-corrected chi connectivity index (χ4v) is 0.614. The molecule has 2 rings (SSSR count). The van der Waals surface area contributed by atoms with E-state index in [9.17, 15) is 0 Å². The van der Waals surface area contributed by atoms with E-state index in [1.54, 1.807) is 18.6 Å². The van der Waals surface area contributed by atoms with Crippen molar-refractivity contribution in [2.75, 3.05) is 0 Å². The Morgan fingerprint density at radius 2 is 2.25 bits per heavy atom. The molecule has 0 aliphatic carbocycles. The van der Waals surface area contributed by atoms with Gasteiger partial charge in [0.15, 0.2) is 0 Å². The molecule has 2 aromatic rings. The molecule has 0 fully saturated rings. The monoisotopic (exact) mass is 165 g/mol. The van der Waals surface area contributed by atoms with Crippen LogP contribution in [0.1, 0.15) is 11.5 Å². The molecule has 0 radical (unpaired) electrons. The van der Waals surface area contributed by atoms with E-state index in [0.717, 1.165) is 11.5 Å². The van der Waals surface area contributed by atoms with Gasteiger partial charge in [-0.25, -0.2) is 4.98 Å². The van der Waals surface area contributed by atoms with Crippen LogP contribution in [0.15, 0.2) is 29.3 Å². The van der Waals surface area contributed by atoms with Crippen LogP contribution in [0.3, 0.4) is 0 Å². The van der Waals surface area contributed by atoms with Crippen molar-refractivity contribution in [2.45, 2.75) is 13.8 Å².